The van der Waals surface area contributed by atoms with Gasteiger partial charge in [-0.3, -0.25) is 4.79 Å². The molecule has 1 aromatic carbocycles. The molecular weight excluding hydrogens is 392 g/mol. The van der Waals surface area contributed by atoms with E-state index in [2.05, 4.69) is 20.8 Å². The Bertz CT molecular complexity index is 701. The summed E-state index contributed by atoms with van der Waals surface area (Å²) in [4.78, 5) is 11.2. The van der Waals surface area contributed by atoms with Crippen LogP contribution >= 0.6 is 0 Å². The van der Waals surface area contributed by atoms with Gasteiger partial charge in [0, 0.05) is 17.2 Å². The molecular formula is C26H44O5. The summed E-state index contributed by atoms with van der Waals surface area (Å²) in [6.07, 6.45) is 11.0. The smallest absolute Gasteiger partial charge is 0.309 e. The van der Waals surface area contributed by atoms with E-state index >= 15 is 0 Å². The molecule has 0 saturated heterocycles. The highest BCUT2D eigenvalue weighted by atomic mass is 16.4. The van der Waals surface area contributed by atoms with E-state index < -0.39 is 11.4 Å². The van der Waals surface area contributed by atoms with Crippen LogP contribution in [0.15, 0.2) is 6.07 Å². The van der Waals surface area contributed by atoms with Crippen molar-refractivity contribution in [2.75, 3.05) is 0 Å². The minimum absolute atomic E-state index is 0.0585. The first-order valence-corrected chi connectivity index (χ1v) is 11.8. The van der Waals surface area contributed by atoms with Gasteiger partial charge < -0.3 is 20.4 Å². The molecule has 0 heterocycles. The number of benzene rings is 1. The summed E-state index contributed by atoms with van der Waals surface area (Å²) in [5, 5.41) is 39.9. The quantitative estimate of drug-likeness (QED) is 0.144. The average molecular weight is 437 g/mol. The fourth-order valence-electron chi connectivity index (χ4n) is 3.93. The second kappa shape index (κ2) is 12.2. The molecule has 0 atom stereocenters. The monoisotopic (exact) mass is 436 g/mol. The standard InChI is InChI=1S/C26H44O5/c1-25(2,3)16-12-8-6-10-14-19-20(23(29)22(28)18-21(19)27)15-11-7-9-13-17-26(4,5)24(30)31/h18,27-29H,6-17H2,1-5H3,(H,30,31). The van der Waals surface area contributed by atoms with Crippen molar-refractivity contribution in [1.29, 1.82) is 0 Å². The summed E-state index contributed by atoms with van der Waals surface area (Å²) in [7, 11) is 0. The Balaban J connectivity index is 2.54. The molecule has 0 spiro atoms. The highest BCUT2D eigenvalue weighted by Crippen LogP contribution is 2.39. The van der Waals surface area contributed by atoms with Crippen LogP contribution in [-0.4, -0.2) is 26.4 Å². The lowest BCUT2D eigenvalue weighted by molar-refractivity contribution is -0.147. The minimum atomic E-state index is -0.768. The van der Waals surface area contributed by atoms with E-state index in [0.29, 0.717) is 30.2 Å². The Morgan fingerprint density at radius 1 is 0.710 bits per heavy atom. The van der Waals surface area contributed by atoms with E-state index in [1.54, 1.807) is 13.8 Å². The first-order chi connectivity index (χ1) is 14.3. The molecule has 0 radical (unpaired) electrons. The molecule has 0 aliphatic heterocycles. The number of hydrogen-bond acceptors (Lipinski definition) is 4. The fourth-order valence-corrected chi connectivity index (χ4v) is 3.93. The third-order valence-electron chi connectivity index (χ3n) is 6.14. The Hall–Kier alpha value is -1.91. The molecule has 0 saturated carbocycles. The SMILES string of the molecule is CC(C)(C)CCCCCCc1c(O)cc(O)c(O)c1CCCCCCC(C)(C)C(=O)O. The molecule has 0 amide bonds. The number of unbranched alkanes of at least 4 members (excludes halogenated alkanes) is 6. The Morgan fingerprint density at radius 3 is 1.71 bits per heavy atom. The van der Waals surface area contributed by atoms with Crippen LogP contribution in [-0.2, 0) is 17.6 Å². The number of aliphatic carboxylic acids is 1. The molecule has 0 bridgehead atoms. The summed E-state index contributed by atoms with van der Waals surface area (Å²) < 4.78 is 0. The maximum atomic E-state index is 11.2. The van der Waals surface area contributed by atoms with Crippen molar-refractivity contribution in [3.05, 3.63) is 17.2 Å². The van der Waals surface area contributed by atoms with E-state index in [1.807, 2.05) is 0 Å². The van der Waals surface area contributed by atoms with Gasteiger partial charge in [0.05, 0.1) is 5.41 Å². The molecule has 0 fully saturated rings. The predicted molar refractivity (Wildman–Crippen MR) is 126 cm³/mol. The zero-order valence-corrected chi connectivity index (χ0v) is 20.3. The Labute approximate surface area is 188 Å². The zero-order chi connectivity index (χ0) is 23.7. The van der Waals surface area contributed by atoms with Crippen LogP contribution in [0.3, 0.4) is 0 Å². The van der Waals surface area contributed by atoms with Crippen molar-refractivity contribution in [2.45, 2.75) is 112 Å². The molecule has 0 unspecified atom stereocenters. The van der Waals surface area contributed by atoms with Gasteiger partial charge in [-0.15, -0.1) is 0 Å². The molecule has 5 nitrogen and oxygen atoms in total. The number of rotatable bonds is 14. The summed E-state index contributed by atoms with van der Waals surface area (Å²) in [6, 6.07) is 1.24. The molecule has 0 aromatic heterocycles. The van der Waals surface area contributed by atoms with Gasteiger partial charge in [0.25, 0.3) is 0 Å². The van der Waals surface area contributed by atoms with Crippen molar-refractivity contribution in [3.8, 4) is 17.2 Å². The molecule has 0 aliphatic rings. The van der Waals surface area contributed by atoms with Gasteiger partial charge in [0.1, 0.15) is 5.75 Å². The van der Waals surface area contributed by atoms with Crippen molar-refractivity contribution >= 4 is 5.97 Å². The molecule has 0 aliphatic carbocycles. The number of hydrogen-bond donors (Lipinski definition) is 4. The van der Waals surface area contributed by atoms with Gasteiger partial charge in [0.15, 0.2) is 11.5 Å². The molecule has 1 aromatic rings. The highest BCUT2D eigenvalue weighted by Gasteiger charge is 2.26. The lowest BCUT2D eigenvalue weighted by Crippen LogP contribution is -2.23. The maximum Gasteiger partial charge on any atom is 0.309 e. The summed E-state index contributed by atoms with van der Waals surface area (Å²) in [5.41, 5.74) is 1.06. The highest BCUT2D eigenvalue weighted by molar-refractivity contribution is 5.73. The van der Waals surface area contributed by atoms with Crippen molar-refractivity contribution < 1.29 is 25.2 Å². The van der Waals surface area contributed by atoms with Gasteiger partial charge in [0.2, 0.25) is 0 Å². The number of carboxylic acid groups (broad SMARTS) is 1. The maximum absolute atomic E-state index is 11.2. The van der Waals surface area contributed by atoms with Crippen molar-refractivity contribution in [3.63, 3.8) is 0 Å². The third-order valence-corrected chi connectivity index (χ3v) is 6.14. The van der Waals surface area contributed by atoms with E-state index in [-0.39, 0.29) is 17.2 Å². The number of carboxylic acids is 1. The zero-order valence-electron chi connectivity index (χ0n) is 20.3. The number of aromatic hydroxyl groups is 3. The Kier molecular flexibility index (Phi) is 10.7. The second-order valence-electron chi connectivity index (χ2n) is 10.8. The van der Waals surface area contributed by atoms with Crippen LogP contribution in [0.2, 0.25) is 0 Å². The van der Waals surface area contributed by atoms with Crippen LogP contribution in [0.5, 0.6) is 17.2 Å². The van der Waals surface area contributed by atoms with Crippen LogP contribution in [0.4, 0.5) is 0 Å². The molecule has 1 rings (SSSR count). The summed E-state index contributed by atoms with van der Waals surface area (Å²) in [5.74, 6) is -1.10. The van der Waals surface area contributed by atoms with Gasteiger partial charge in [-0.05, 0) is 57.8 Å². The summed E-state index contributed by atoms with van der Waals surface area (Å²) in [6.45, 7) is 10.3. The number of carbonyl (C=O) groups is 1. The largest absolute Gasteiger partial charge is 0.508 e. The van der Waals surface area contributed by atoms with Crippen LogP contribution in [0.1, 0.15) is 110 Å². The topological polar surface area (TPSA) is 98.0 Å². The molecule has 31 heavy (non-hydrogen) atoms. The first kappa shape index (κ1) is 27.1. The van der Waals surface area contributed by atoms with E-state index in [9.17, 15) is 25.2 Å². The lowest BCUT2D eigenvalue weighted by Gasteiger charge is -2.18. The van der Waals surface area contributed by atoms with Gasteiger partial charge in [-0.1, -0.05) is 59.3 Å². The number of phenols is 3. The third kappa shape index (κ3) is 9.84. The van der Waals surface area contributed by atoms with Crippen LogP contribution in [0, 0.1) is 10.8 Å². The van der Waals surface area contributed by atoms with Crippen molar-refractivity contribution in [2.24, 2.45) is 10.8 Å². The van der Waals surface area contributed by atoms with E-state index in [0.717, 1.165) is 50.5 Å². The van der Waals surface area contributed by atoms with Gasteiger partial charge >= 0.3 is 5.97 Å². The lowest BCUT2D eigenvalue weighted by atomic mass is 9.87. The summed E-state index contributed by atoms with van der Waals surface area (Å²) >= 11 is 0. The van der Waals surface area contributed by atoms with Crippen molar-refractivity contribution in [1.82, 2.24) is 0 Å². The normalized spacial score (nSPS) is 12.3. The predicted octanol–water partition coefficient (Wildman–Crippen LogP) is 6.95. The van der Waals surface area contributed by atoms with E-state index in [1.165, 1.54) is 18.9 Å². The van der Waals surface area contributed by atoms with Gasteiger partial charge in [-0.25, -0.2) is 0 Å². The van der Waals surface area contributed by atoms with Crippen LogP contribution in [0.25, 0.3) is 0 Å². The Morgan fingerprint density at radius 2 is 1.19 bits per heavy atom. The van der Waals surface area contributed by atoms with Crippen LogP contribution < -0.4 is 0 Å². The molecule has 4 N–H and O–H groups in total. The molecule has 178 valence electrons. The second-order valence-corrected chi connectivity index (χ2v) is 10.8. The molecule has 5 heteroatoms. The number of phenolic OH excluding ortho intramolecular Hbond substituents is 3. The van der Waals surface area contributed by atoms with Gasteiger partial charge in [-0.2, -0.15) is 0 Å². The average Bonchev–Trinajstić information content (AvgIpc) is 2.65. The fraction of sp³-hybridized carbons (Fsp3) is 0.731. The minimum Gasteiger partial charge on any atom is -0.508 e. The first-order valence-electron chi connectivity index (χ1n) is 11.8. The van der Waals surface area contributed by atoms with E-state index in [4.69, 9.17) is 0 Å².